The van der Waals surface area contributed by atoms with Crippen molar-refractivity contribution >= 4 is 47.2 Å². The molecule has 0 aliphatic carbocycles. The van der Waals surface area contributed by atoms with Gasteiger partial charge in [-0.05, 0) is 31.5 Å². The molecule has 0 radical (unpaired) electrons. The fourth-order valence-corrected chi connectivity index (χ4v) is 3.56. The van der Waals surface area contributed by atoms with E-state index in [2.05, 4.69) is 20.6 Å². The summed E-state index contributed by atoms with van der Waals surface area (Å²) >= 11 is 1.58. The lowest BCUT2D eigenvalue weighted by Crippen LogP contribution is -2.39. The summed E-state index contributed by atoms with van der Waals surface area (Å²) in [6, 6.07) is 6.06. The first-order valence-corrected chi connectivity index (χ1v) is 10.8. The van der Waals surface area contributed by atoms with Gasteiger partial charge in [-0.25, -0.2) is 9.37 Å². The zero-order valence-electron chi connectivity index (χ0n) is 18.4. The minimum Gasteiger partial charge on any atom is -0.375 e. The molecule has 7 nitrogen and oxygen atoms in total. The number of carbonyl (C=O) groups is 1. The van der Waals surface area contributed by atoms with Crippen molar-refractivity contribution in [1.82, 2.24) is 20.5 Å². The average Bonchev–Trinajstić information content (AvgIpc) is 3.18. The van der Waals surface area contributed by atoms with Gasteiger partial charge in [-0.3, -0.25) is 9.79 Å². The number of hydrogen-bond donors (Lipinski definition) is 2. The van der Waals surface area contributed by atoms with Gasteiger partial charge in [0, 0.05) is 32.6 Å². The second-order valence-electron chi connectivity index (χ2n) is 6.80. The van der Waals surface area contributed by atoms with Crippen molar-refractivity contribution in [3.63, 3.8) is 0 Å². The zero-order valence-corrected chi connectivity index (χ0v) is 21.5. The second kappa shape index (κ2) is 14.3. The Morgan fingerprint density at radius 3 is 2.84 bits per heavy atom. The summed E-state index contributed by atoms with van der Waals surface area (Å²) in [5, 5.41) is 9.04. The van der Waals surface area contributed by atoms with Crippen molar-refractivity contribution < 1.29 is 13.9 Å². The van der Waals surface area contributed by atoms with Crippen molar-refractivity contribution in [2.75, 3.05) is 33.8 Å². The van der Waals surface area contributed by atoms with E-state index in [1.807, 2.05) is 31.2 Å². The molecule has 0 spiro atoms. The number of amides is 1. The summed E-state index contributed by atoms with van der Waals surface area (Å²) in [6.45, 7) is 6.17. The smallest absolute Gasteiger partial charge is 0.224 e. The molecule has 2 N–H and O–H groups in total. The number of guanidine groups is 1. The number of benzene rings is 1. The number of aromatic nitrogens is 1. The predicted molar refractivity (Wildman–Crippen MR) is 134 cm³/mol. The molecule has 1 heterocycles. The Balaban J connectivity index is 0.00000480. The van der Waals surface area contributed by atoms with Gasteiger partial charge < -0.3 is 20.3 Å². The molecule has 0 saturated heterocycles. The highest BCUT2D eigenvalue weighted by molar-refractivity contribution is 14.0. The molecule has 1 atom stereocenters. The monoisotopic (exact) mass is 563 g/mol. The lowest BCUT2D eigenvalue weighted by molar-refractivity contribution is -0.120. The minimum absolute atomic E-state index is 0. The van der Waals surface area contributed by atoms with Crippen molar-refractivity contribution in [2.45, 2.75) is 32.9 Å². The molecule has 1 unspecified atom stereocenters. The van der Waals surface area contributed by atoms with E-state index in [4.69, 9.17) is 4.74 Å². The first-order valence-electron chi connectivity index (χ1n) is 9.90. The van der Waals surface area contributed by atoms with Gasteiger partial charge in [0.15, 0.2) is 5.96 Å². The largest absolute Gasteiger partial charge is 0.375 e. The van der Waals surface area contributed by atoms with E-state index in [9.17, 15) is 9.18 Å². The summed E-state index contributed by atoms with van der Waals surface area (Å²) in [7, 11) is 3.62. The van der Waals surface area contributed by atoms with Crippen molar-refractivity contribution in [2.24, 2.45) is 4.99 Å². The van der Waals surface area contributed by atoms with Crippen LogP contribution >= 0.6 is 35.3 Å². The number of nitrogens with zero attached hydrogens (tertiary/aromatic N) is 3. The molecule has 0 fully saturated rings. The van der Waals surface area contributed by atoms with E-state index in [1.165, 1.54) is 12.1 Å². The fraction of sp³-hybridized carbons (Fsp3) is 0.476. The maximum Gasteiger partial charge on any atom is 0.224 e. The standard InChI is InChI=1S/C21H30FN5O2S.HI/c1-5-23-21(27(3)13-18-14-30-20(26-18)15(2)29-4)25-10-9-24-19(28)12-16-7-6-8-17(22)11-16;/h6-8,11,14-15H,5,9-10,12-13H2,1-4H3,(H,23,25)(H,24,28);1H. The van der Waals surface area contributed by atoms with Crippen LogP contribution in [-0.4, -0.2) is 55.5 Å². The number of aliphatic imine (C=N–C) groups is 1. The molecule has 0 aliphatic heterocycles. The van der Waals surface area contributed by atoms with Gasteiger partial charge in [0.2, 0.25) is 5.91 Å². The van der Waals surface area contributed by atoms with Gasteiger partial charge in [0.05, 0.1) is 25.2 Å². The Bertz CT molecular complexity index is 849. The van der Waals surface area contributed by atoms with E-state index >= 15 is 0 Å². The molecule has 10 heteroatoms. The Morgan fingerprint density at radius 2 is 2.16 bits per heavy atom. The van der Waals surface area contributed by atoms with Crippen LogP contribution in [0.25, 0.3) is 0 Å². The number of carbonyl (C=O) groups excluding carboxylic acids is 1. The summed E-state index contributed by atoms with van der Waals surface area (Å²) in [5.74, 6) is 0.245. The molecule has 2 rings (SSSR count). The molecule has 1 amide bonds. The quantitative estimate of drug-likeness (QED) is 0.201. The van der Waals surface area contributed by atoms with E-state index < -0.39 is 0 Å². The fourth-order valence-electron chi connectivity index (χ4n) is 2.72. The minimum atomic E-state index is -0.341. The molecular weight excluding hydrogens is 532 g/mol. The molecule has 2 aromatic rings. The van der Waals surface area contributed by atoms with Crippen LogP contribution in [0.2, 0.25) is 0 Å². The summed E-state index contributed by atoms with van der Waals surface area (Å²) in [5.41, 5.74) is 1.60. The Hall–Kier alpha value is -1.79. The predicted octanol–water partition coefficient (Wildman–Crippen LogP) is 3.36. The van der Waals surface area contributed by atoms with Gasteiger partial charge in [-0.1, -0.05) is 12.1 Å². The summed E-state index contributed by atoms with van der Waals surface area (Å²) < 4.78 is 18.5. The number of rotatable bonds is 10. The normalized spacial score (nSPS) is 12.1. The van der Waals surface area contributed by atoms with Gasteiger partial charge in [-0.15, -0.1) is 35.3 Å². The second-order valence-corrected chi connectivity index (χ2v) is 7.69. The number of halogens is 2. The van der Waals surface area contributed by atoms with Gasteiger partial charge >= 0.3 is 0 Å². The van der Waals surface area contributed by atoms with E-state index in [0.717, 1.165) is 23.2 Å². The topological polar surface area (TPSA) is 78.9 Å². The molecule has 0 saturated carbocycles. The van der Waals surface area contributed by atoms with Crippen molar-refractivity contribution in [3.05, 3.63) is 51.7 Å². The third-order valence-electron chi connectivity index (χ3n) is 4.32. The van der Waals surface area contributed by atoms with Crippen LogP contribution in [-0.2, 0) is 22.5 Å². The molecule has 0 aliphatic rings. The van der Waals surface area contributed by atoms with Gasteiger partial charge in [-0.2, -0.15) is 0 Å². The molecular formula is C21H31FIN5O2S. The van der Waals surface area contributed by atoms with Gasteiger partial charge in [0.25, 0.3) is 0 Å². The van der Waals surface area contributed by atoms with Crippen LogP contribution in [0.1, 0.15) is 36.2 Å². The summed E-state index contributed by atoms with van der Waals surface area (Å²) in [6.07, 6.45) is 0.125. The molecule has 1 aromatic heterocycles. The first kappa shape index (κ1) is 27.2. The summed E-state index contributed by atoms with van der Waals surface area (Å²) in [4.78, 5) is 23.2. The lowest BCUT2D eigenvalue weighted by atomic mass is 10.1. The molecule has 31 heavy (non-hydrogen) atoms. The van der Waals surface area contributed by atoms with Crippen LogP contribution in [0.4, 0.5) is 4.39 Å². The zero-order chi connectivity index (χ0) is 21.9. The Kier molecular flexibility index (Phi) is 12.6. The van der Waals surface area contributed by atoms with E-state index in [1.54, 1.807) is 30.6 Å². The first-order chi connectivity index (χ1) is 14.4. The molecule has 1 aromatic carbocycles. The highest BCUT2D eigenvalue weighted by atomic mass is 127. The van der Waals surface area contributed by atoms with Gasteiger partial charge in [0.1, 0.15) is 16.9 Å². The van der Waals surface area contributed by atoms with Crippen LogP contribution in [0.3, 0.4) is 0 Å². The highest BCUT2D eigenvalue weighted by Gasteiger charge is 2.12. The molecule has 172 valence electrons. The van der Waals surface area contributed by atoms with E-state index in [0.29, 0.717) is 25.2 Å². The number of nitrogens with one attached hydrogen (secondary N) is 2. The maximum absolute atomic E-state index is 13.2. The van der Waals surface area contributed by atoms with Crippen LogP contribution in [0.15, 0.2) is 34.6 Å². The SMILES string of the molecule is CCNC(=NCCNC(=O)Cc1cccc(F)c1)N(C)Cc1csc(C(C)OC)n1.I. The highest BCUT2D eigenvalue weighted by Crippen LogP contribution is 2.20. The van der Waals surface area contributed by atoms with Crippen LogP contribution < -0.4 is 10.6 Å². The third-order valence-corrected chi connectivity index (χ3v) is 5.37. The maximum atomic E-state index is 13.2. The van der Waals surface area contributed by atoms with Crippen LogP contribution in [0.5, 0.6) is 0 Å². The number of thiazole rings is 1. The van der Waals surface area contributed by atoms with E-state index in [-0.39, 0.29) is 48.2 Å². The third kappa shape index (κ3) is 9.48. The van der Waals surface area contributed by atoms with Crippen molar-refractivity contribution in [1.29, 1.82) is 0 Å². The Morgan fingerprint density at radius 1 is 1.39 bits per heavy atom. The number of hydrogen-bond acceptors (Lipinski definition) is 5. The Labute approximate surface area is 204 Å². The van der Waals surface area contributed by atoms with Crippen molar-refractivity contribution in [3.8, 4) is 0 Å². The molecule has 0 bridgehead atoms. The number of ether oxygens (including phenoxy) is 1. The number of methoxy groups -OCH3 is 1. The lowest BCUT2D eigenvalue weighted by Gasteiger charge is -2.21. The average molecular weight is 563 g/mol. The van der Waals surface area contributed by atoms with Crippen LogP contribution in [0, 0.1) is 5.82 Å².